The third-order valence-electron chi connectivity index (χ3n) is 2.12. The number of carbonyl (C=O) groups is 1. The minimum absolute atomic E-state index is 0.0643. The SMILES string of the molecule is NCCCC(CCCC(F)(F)F)C(=O)O. The summed E-state index contributed by atoms with van der Waals surface area (Å²) in [6.45, 7) is 0.364. The first-order valence-electron chi connectivity index (χ1n) is 4.86. The minimum atomic E-state index is -4.20. The smallest absolute Gasteiger partial charge is 0.389 e. The van der Waals surface area contributed by atoms with Gasteiger partial charge in [0.05, 0.1) is 5.92 Å². The summed E-state index contributed by atoms with van der Waals surface area (Å²) in [6.07, 6.45) is -4.30. The summed E-state index contributed by atoms with van der Waals surface area (Å²) in [4.78, 5) is 10.6. The Morgan fingerprint density at radius 3 is 2.20 bits per heavy atom. The largest absolute Gasteiger partial charge is 0.481 e. The highest BCUT2D eigenvalue weighted by Gasteiger charge is 2.27. The van der Waals surface area contributed by atoms with Gasteiger partial charge in [-0.05, 0) is 32.2 Å². The Morgan fingerprint density at radius 1 is 1.27 bits per heavy atom. The first kappa shape index (κ1) is 14.2. The Labute approximate surface area is 86.5 Å². The molecule has 0 amide bonds. The molecular weight excluding hydrogens is 211 g/mol. The highest BCUT2D eigenvalue weighted by Crippen LogP contribution is 2.24. The first-order valence-corrected chi connectivity index (χ1v) is 4.86. The van der Waals surface area contributed by atoms with Crippen molar-refractivity contribution in [1.29, 1.82) is 0 Å². The van der Waals surface area contributed by atoms with E-state index in [1.165, 1.54) is 0 Å². The highest BCUT2D eigenvalue weighted by atomic mass is 19.4. The van der Waals surface area contributed by atoms with E-state index in [2.05, 4.69) is 0 Å². The monoisotopic (exact) mass is 227 g/mol. The van der Waals surface area contributed by atoms with Crippen LogP contribution in [0, 0.1) is 5.92 Å². The van der Waals surface area contributed by atoms with Crippen LogP contribution in [0.3, 0.4) is 0 Å². The van der Waals surface area contributed by atoms with Gasteiger partial charge in [-0.25, -0.2) is 0 Å². The average molecular weight is 227 g/mol. The molecule has 0 aromatic rings. The third kappa shape index (κ3) is 8.23. The molecular formula is C9H16F3NO2. The lowest BCUT2D eigenvalue weighted by molar-refractivity contribution is -0.145. The molecule has 0 heterocycles. The van der Waals surface area contributed by atoms with E-state index in [1.807, 2.05) is 0 Å². The number of hydrogen-bond donors (Lipinski definition) is 2. The number of carboxylic acids is 1. The van der Waals surface area contributed by atoms with Crippen LogP contribution in [-0.2, 0) is 4.79 Å². The standard InChI is InChI=1S/C9H16F3NO2/c10-9(11,12)5-1-3-7(8(14)15)4-2-6-13/h7H,1-6,13H2,(H,14,15). The van der Waals surface area contributed by atoms with Gasteiger partial charge >= 0.3 is 12.1 Å². The predicted octanol–water partition coefficient (Wildman–Crippen LogP) is 2.16. The number of rotatable bonds is 7. The van der Waals surface area contributed by atoms with Crippen molar-refractivity contribution < 1.29 is 23.1 Å². The number of hydrogen-bond acceptors (Lipinski definition) is 2. The fourth-order valence-corrected chi connectivity index (χ4v) is 1.30. The van der Waals surface area contributed by atoms with Crippen molar-refractivity contribution in [1.82, 2.24) is 0 Å². The number of aliphatic carboxylic acids is 1. The van der Waals surface area contributed by atoms with E-state index in [0.29, 0.717) is 19.4 Å². The van der Waals surface area contributed by atoms with Crippen LogP contribution in [0.2, 0.25) is 0 Å². The van der Waals surface area contributed by atoms with Crippen LogP contribution in [0.15, 0.2) is 0 Å². The van der Waals surface area contributed by atoms with Crippen molar-refractivity contribution in [2.45, 2.75) is 38.3 Å². The van der Waals surface area contributed by atoms with E-state index in [9.17, 15) is 18.0 Å². The Balaban J connectivity index is 3.81. The van der Waals surface area contributed by atoms with Gasteiger partial charge in [-0.1, -0.05) is 0 Å². The van der Waals surface area contributed by atoms with Crippen molar-refractivity contribution in [2.24, 2.45) is 11.7 Å². The van der Waals surface area contributed by atoms with E-state index in [4.69, 9.17) is 10.8 Å². The fraction of sp³-hybridized carbons (Fsp3) is 0.889. The average Bonchev–Trinajstić information content (AvgIpc) is 2.08. The fourth-order valence-electron chi connectivity index (χ4n) is 1.30. The molecule has 0 saturated carbocycles. The number of nitrogens with two attached hydrogens (primary N) is 1. The molecule has 0 rings (SSSR count). The zero-order valence-corrected chi connectivity index (χ0v) is 8.39. The first-order chi connectivity index (χ1) is 6.87. The molecule has 0 saturated heterocycles. The number of alkyl halides is 3. The lowest BCUT2D eigenvalue weighted by Crippen LogP contribution is -2.16. The van der Waals surface area contributed by atoms with Gasteiger partial charge in [-0.3, -0.25) is 4.79 Å². The lowest BCUT2D eigenvalue weighted by Gasteiger charge is -2.12. The summed E-state index contributed by atoms with van der Waals surface area (Å²) in [5.74, 6) is -1.73. The van der Waals surface area contributed by atoms with Crippen LogP contribution in [-0.4, -0.2) is 23.8 Å². The highest BCUT2D eigenvalue weighted by molar-refractivity contribution is 5.69. The Hall–Kier alpha value is -0.780. The van der Waals surface area contributed by atoms with Gasteiger partial charge in [0.15, 0.2) is 0 Å². The molecule has 0 spiro atoms. The maximum Gasteiger partial charge on any atom is 0.389 e. The van der Waals surface area contributed by atoms with Crippen molar-refractivity contribution in [3.8, 4) is 0 Å². The summed E-state index contributed by atoms with van der Waals surface area (Å²) < 4.78 is 35.4. The van der Waals surface area contributed by atoms with Crippen LogP contribution in [0.1, 0.15) is 32.1 Å². The molecule has 0 aliphatic carbocycles. The second kappa shape index (κ2) is 6.66. The molecule has 0 radical (unpaired) electrons. The predicted molar refractivity (Wildman–Crippen MR) is 49.3 cm³/mol. The van der Waals surface area contributed by atoms with Gasteiger partial charge in [0.2, 0.25) is 0 Å². The molecule has 0 bridgehead atoms. The van der Waals surface area contributed by atoms with Crippen molar-refractivity contribution >= 4 is 5.97 Å². The second-order valence-electron chi connectivity index (χ2n) is 3.47. The zero-order valence-electron chi connectivity index (χ0n) is 8.39. The summed E-state index contributed by atoms with van der Waals surface area (Å²) in [6, 6.07) is 0. The Bertz CT molecular complexity index is 194. The maximum absolute atomic E-state index is 11.8. The Kier molecular flexibility index (Phi) is 6.31. The van der Waals surface area contributed by atoms with Gasteiger partial charge in [0, 0.05) is 6.42 Å². The maximum atomic E-state index is 11.8. The minimum Gasteiger partial charge on any atom is -0.481 e. The van der Waals surface area contributed by atoms with E-state index < -0.39 is 24.5 Å². The van der Waals surface area contributed by atoms with Gasteiger partial charge in [-0.2, -0.15) is 13.2 Å². The van der Waals surface area contributed by atoms with Crippen LogP contribution in [0.4, 0.5) is 13.2 Å². The zero-order chi connectivity index (χ0) is 11.9. The molecule has 15 heavy (non-hydrogen) atoms. The topological polar surface area (TPSA) is 63.3 Å². The van der Waals surface area contributed by atoms with Crippen LogP contribution in [0.5, 0.6) is 0 Å². The van der Waals surface area contributed by atoms with E-state index >= 15 is 0 Å². The quantitative estimate of drug-likeness (QED) is 0.700. The summed E-state index contributed by atoms with van der Waals surface area (Å²) in [5.41, 5.74) is 5.20. The molecule has 6 heteroatoms. The van der Waals surface area contributed by atoms with Crippen molar-refractivity contribution in [2.75, 3.05) is 6.54 Å². The van der Waals surface area contributed by atoms with Crippen molar-refractivity contribution in [3.63, 3.8) is 0 Å². The normalized spacial score (nSPS) is 13.9. The van der Waals surface area contributed by atoms with Crippen LogP contribution >= 0.6 is 0 Å². The molecule has 0 aliphatic heterocycles. The Morgan fingerprint density at radius 2 is 1.80 bits per heavy atom. The molecule has 3 nitrogen and oxygen atoms in total. The summed E-state index contributed by atoms with van der Waals surface area (Å²) >= 11 is 0. The van der Waals surface area contributed by atoms with E-state index in [0.717, 1.165) is 0 Å². The summed E-state index contributed by atoms with van der Waals surface area (Å²) in [7, 11) is 0. The molecule has 3 N–H and O–H groups in total. The van der Waals surface area contributed by atoms with Crippen molar-refractivity contribution in [3.05, 3.63) is 0 Å². The molecule has 0 fully saturated rings. The second-order valence-corrected chi connectivity index (χ2v) is 3.47. The lowest BCUT2D eigenvalue weighted by atomic mass is 9.97. The molecule has 1 atom stereocenters. The molecule has 0 aromatic heterocycles. The number of halogens is 3. The molecule has 0 aliphatic rings. The van der Waals surface area contributed by atoms with Gasteiger partial charge in [-0.15, -0.1) is 0 Å². The van der Waals surface area contributed by atoms with E-state index in [-0.39, 0.29) is 12.8 Å². The van der Waals surface area contributed by atoms with Gasteiger partial charge < -0.3 is 10.8 Å². The number of carboxylic acid groups (broad SMARTS) is 1. The van der Waals surface area contributed by atoms with Crippen LogP contribution in [0.25, 0.3) is 0 Å². The van der Waals surface area contributed by atoms with Gasteiger partial charge in [0.25, 0.3) is 0 Å². The summed E-state index contributed by atoms with van der Waals surface area (Å²) in [5, 5.41) is 8.71. The molecule has 0 aromatic carbocycles. The molecule has 90 valence electrons. The van der Waals surface area contributed by atoms with E-state index in [1.54, 1.807) is 0 Å². The third-order valence-corrected chi connectivity index (χ3v) is 2.12. The van der Waals surface area contributed by atoms with Crippen LogP contribution < -0.4 is 5.73 Å². The van der Waals surface area contributed by atoms with Gasteiger partial charge in [0.1, 0.15) is 0 Å². The molecule has 1 unspecified atom stereocenters.